The summed E-state index contributed by atoms with van der Waals surface area (Å²) in [4.78, 5) is 13.4. The Bertz CT molecular complexity index is 1770. The van der Waals surface area contributed by atoms with Gasteiger partial charge in [-0.3, -0.25) is 4.98 Å². The fourth-order valence-corrected chi connectivity index (χ4v) is 6.91. The number of hydrogen-bond acceptors (Lipinski definition) is 8. The van der Waals surface area contributed by atoms with Gasteiger partial charge in [-0.2, -0.15) is 4.31 Å². The third-order valence-electron chi connectivity index (χ3n) is 8.00. The Kier molecular flexibility index (Phi) is 8.74. The van der Waals surface area contributed by atoms with Crippen molar-refractivity contribution >= 4 is 49.6 Å². The molecule has 0 atom stereocenters. The van der Waals surface area contributed by atoms with Crippen LogP contribution in [0.4, 0.5) is 31.7 Å². The average molecular weight is 621 g/mol. The Morgan fingerprint density at radius 3 is 2.48 bits per heavy atom. The van der Waals surface area contributed by atoms with Crippen LogP contribution >= 0.6 is 0 Å². The molecule has 6 rings (SSSR count). The summed E-state index contributed by atoms with van der Waals surface area (Å²) in [5, 5.41) is 3.79. The van der Waals surface area contributed by atoms with E-state index in [-0.39, 0.29) is 13.1 Å². The Hall–Kier alpha value is -4.13. The Balaban J connectivity index is 1.23. The Labute approximate surface area is 255 Å². The van der Waals surface area contributed by atoms with Crippen LogP contribution in [0.2, 0.25) is 0 Å². The van der Waals surface area contributed by atoms with Crippen LogP contribution in [0.15, 0.2) is 73.1 Å². The van der Waals surface area contributed by atoms with E-state index in [1.54, 1.807) is 54.9 Å². The van der Waals surface area contributed by atoms with Crippen LogP contribution in [0.25, 0.3) is 16.7 Å². The molecule has 0 bridgehead atoms. The van der Waals surface area contributed by atoms with Crippen molar-refractivity contribution in [1.82, 2.24) is 14.3 Å². The van der Waals surface area contributed by atoms with Gasteiger partial charge in [0.2, 0.25) is 10.0 Å². The van der Waals surface area contributed by atoms with Crippen molar-refractivity contribution in [3.8, 4) is 0 Å². The molecule has 44 heavy (non-hydrogen) atoms. The predicted octanol–water partition coefficient (Wildman–Crippen LogP) is 5.12. The number of anilines is 4. The summed E-state index contributed by atoms with van der Waals surface area (Å²) in [5.41, 5.74) is 3.82. The number of nitrogens with one attached hydrogen (secondary N) is 1. The third kappa shape index (κ3) is 6.37. The second kappa shape index (κ2) is 12.8. The maximum Gasteiger partial charge on any atom is 0.217 e. The Morgan fingerprint density at radius 1 is 0.977 bits per heavy atom. The van der Waals surface area contributed by atoms with Crippen LogP contribution in [0, 0.1) is 12.7 Å². The molecule has 0 aliphatic carbocycles. The van der Waals surface area contributed by atoms with Crippen molar-refractivity contribution in [3.63, 3.8) is 0 Å². The zero-order chi connectivity index (χ0) is 30.7. The molecule has 0 unspecified atom stereocenters. The van der Waals surface area contributed by atoms with Crippen LogP contribution in [0.3, 0.4) is 0 Å². The molecule has 230 valence electrons. The van der Waals surface area contributed by atoms with Gasteiger partial charge in [-0.1, -0.05) is 36.4 Å². The molecule has 2 aromatic carbocycles. The number of fused-ring (bicyclic) bond motifs is 1. The topological polar surface area (TPSA) is 90.9 Å². The van der Waals surface area contributed by atoms with Crippen molar-refractivity contribution in [3.05, 3.63) is 90.0 Å². The fraction of sp³-hybridized carbons (Fsp3) is 0.312. The van der Waals surface area contributed by atoms with E-state index in [0.29, 0.717) is 60.0 Å². The van der Waals surface area contributed by atoms with Gasteiger partial charge in [-0.15, -0.1) is 0 Å². The SMILES string of the molecule is Cc1c(N2CCN(S(=O)(=O)CC=C(F)c3ccccc3)CC2)nc2cccc(F)c2c1Nc1cncc(N2CCOCC2)c1. The molecule has 0 amide bonds. The highest BCUT2D eigenvalue weighted by Gasteiger charge is 2.29. The molecule has 2 saturated heterocycles. The van der Waals surface area contributed by atoms with E-state index in [1.807, 2.05) is 17.9 Å². The zero-order valence-electron chi connectivity index (χ0n) is 24.4. The number of aromatic nitrogens is 2. The number of benzene rings is 2. The minimum atomic E-state index is -3.72. The van der Waals surface area contributed by atoms with Gasteiger partial charge in [-0.25, -0.2) is 22.2 Å². The van der Waals surface area contributed by atoms with Gasteiger partial charge in [0, 0.05) is 50.4 Å². The molecule has 0 radical (unpaired) electrons. The molecule has 4 heterocycles. The fourth-order valence-electron chi connectivity index (χ4n) is 5.63. The summed E-state index contributed by atoms with van der Waals surface area (Å²) in [6.07, 6.45) is 4.62. The lowest BCUT2D eigenvalue weighted by Crippen LogP contribution is -2.49. The first-order valence-electron chi connectivity index (χ1n) is 14.6. The highest BCUT2D eigenvalue weighted by atomic mass is 32.2. The van der Waals surface area contributed by atoms with Crippen molar-refractivity contribution in [2.24, 2.45) is 0 Å². The van der Waals surface area contributed by atoms with Gasteiger partial charge in [0.15, 0.2) is 0 Å². The molecule has 4 aromatic rings. The maximum absolute atomic E-state index is 15.3. The van der Waals surface area contributed by atoms with Gasteiger partial charge >= 0.3 is 0 Å². The molecule has 2 fully saturated rings. The minimum Gasteiger partial charge on any atom is -0.378 e. The second-order valence-corrected chi connectivity index (χ2v) is 12.8. The molecule has 12 heteroatoms. The molecule has 9 nitrogen and oxygen atoms in total. The summed E-state index contributed by atoms with van der Waals surface area (Å²) < 4.78 is 62.8. The number of nitrogens with zero attached hydrogens (tertiary/aromatic N) is 5. The number of hydrogen-bond donors (Lipinski definition) is 1. The summed E-state index contributed by atoms with van der Waals surface area (Å²) in [6.45, 7) is 5.92. The van der Waals surface area contributed by atoms with Crippen LogP contribution in [0.5, 0.6) is 0 Å². The van der Waals surface area contributed by atoms with E-state index in [0.717, 1.165) is 30.4 Å². The van der Waals surface area contributed by atoms with Crippen molar-refractivity contribution < 1.29 is 21.9 Å². The molecule has 0 saturated carbocycles. The number of piperazine rings is 1. The first-order valence-corrected chi connectivity index (χ1v) is 16.2. The molecule has 2 aromatic heterocycles. The number of morpholine rings is 1. The van der Waals surface area contributed by atoms with Crippen LogP contribution < -0.4 is 15.1 Å². The average Bonchev–Trinajstić information content (AvgIpc) is 3.06. The van der Waals surface area contributed by atoms with Crippen LogP contribution in [-0.4, -0.2) is 80.9 Å². The smallest absolute Gasteiger partial charge is 0.217 e. The predicted molar refractivity (Wildman–Crippen MR) is 170 cm³/mol. The molecular weight excluding hydrogens is 586 g/mol. The number of ether oxygens (including phenoxy) is 1. The van der Waals surface area contributed by atoms with Crippen molar-refractivity contribution in [1.29, 1.82) is 0 Å². The Morgan fingerprint density at radius 2 is 1.73 bits per heavy atom. The number of rotatable bonds is 8. The van der Waals surface area contributed by atoms with Gasteiger partial charge in [0.05, 0.1) is 59.3 Å². The van der Waals surface area contributed by atoms with Gasteiger partial charge in [0.25, 0.3) is 0 Å². The van der Waals surface area contributed by atoms with Crippen molar-refractivity contribution in [2.45, 2.75) is 6.92 Å². The quantitative estimate of drug-likeness (QED) is 0.291. The molecular formula is C32H34F2N6O3S. The zero-order valence-corrected chi connectivity index (χ0v) is 25.2. The van der Waals surface area contributed by atoms with E-state index in [4.69, 9.17) is 9.72 Å². The highest BCUT2D eigenvalue weighted by Crippen LogP contribution is 2.37. The van der Waals surface area contributed by atoms with Gasteiger partial charge < -0.3 is 19.9 Å². The van der Waals surface area contributed by atoms with E-state index in [9.17, 15) is 12.8 Å². The summed E-state index contributed by atoms with van der Waals surface area (Å²) >= 11 is 0. The van der Waals surface area contributed by atoms with E-state index >= 15 is 4.39 Å². The van der Waals surface area contributed by atoms with E-state index in [1.165, 1.54) is 10.4 Å². The monoisotopic (exact) mass is 620 g/mol. The molecule has 1 N–H and O–H groups in total. The minimum absolute atomic E-state index is 0.222. The van der Waals surface area contributed by atoms with Gasteiger partial charge in [-0.05, 0) is 31.2 Å². The normalized spacial score (nSPS) is 16.8. The highest BCUT2D eigenvalue weighted by molar-refractivity contribution is 7.89. The largest absolute Gasteiger partial charge is 0.378 e. The van der Waals surface area contributed by atoms with Gasteiger partial charge in [0.1, 0.15) is 17.5 Å². The van der Waals surface area contributed by atoms with Crippen molar-refractivity contribution in [2.75, 3.05) is 73.4 Å². The first-order chi connectivity index (χ1) is 21.3. The van der Waals surface area contributed by atoms with E-state index < -0.39 is 27.4 Å². The maximum atomic E-state index is 15.3. The summed E-state index contributed by atoms with van der Waals surface area (Å²) in [6, 6.07) is 15.2. The third-order valence-corrected chi connectivity index (χ3v) is 9.74. The number of sulfonamides is 1. The van der Waals surface area contributed by atoms with Crippen LogP contribution in [-0.2, 0) is 14.8 Å². The lowest BCUT2D eigenvalue weighted by atomic mass is 10.1. The second-order valence-electron chi connectivity index (χ2n) is 10.8. The molecule has 0 spiro atoms. The molecule has 2 aliphatic heterocycles. The standard InChI is InChI=1S/C32H34F2N6O3S/c1-23-31(36-25-20-26(22-35-21-25)38-15-17-43-18-16-38)30-28(34)8-5-9-29(30)37-32(23)39-11-13-40(14-12-39)44(41,42)19-10-27(33)24-6-3-2-4-7-24/h2-10,20-22H,11-19H2,1H3,(H,36,37). The lowest BCUT2D eigenvalue weighted by molar-refractivity contribution is 0.122. The molecule has 2 aliphatic rings. The van der Waals surface area contributed by atoms with E-state index in [2.05, 4.69) is 15.2 Å². The number of pyridine rings is 2. The number of halogens is 2. The lowest BCUT2D eigenvalue weighted by Gasteiger charge is -2.35. The summed E-state index contributed by atoms with van der Waals surface area (Å²) in [5.74, 6) is -0.737. The van der Waals surface area contributed by atoms with Crippen LogP contribution in [0.1, 0.15) is 11.1 Å². The summed E-state index contributed by atoms with van der Waals surface area (Å²) in [7, 11) is -3.72. The first kappa shape index (κ1) is 29.9.